The van der Waals surface area contributed by atoms with Crippen molar-refractivity contribution in [2.45, 2.75) is 51.1 Å². The van der Waals surface area contributed by atoms with Gasteiger partial charge in [0.25, 0.3) is 0 Å². The van der Waals surface area contributed by atoms with Crippen molar-refractivity contribution in [3.8, 4) is 0 Å². The zero-order valence-corrected chi connectivity index (χ0v) is 11.9. The van der Waals surface area contributed by atoms with Crippen molar-refractivity contribution in [3.05, 3.63) is 0 Å². The third-order valence-corrected chi connectivity index (χ3v) is 3.97. The van der Waals surface area contributed by atoms with E-state index in [2.05, 4.69) is 17.6 Å². The van der Waals surface area contributed by atoms with Crippen LogP contribution in [0.1, 0.15) is 39.0 Å². The lowest BCUT2D eigenvalue weighted by Crippen LogP contribution is -2.51. The molecule has 106 valence electrons. The van der Waals surface area contributed by atoms with Gasteiger partial charge in [-0.2, -0.15) is 0 Å². The molecule has 18 heavy (non-hydrogen) atoms. The zero-order valence-electron chi connectivity index (χ0n) is 11.1. The fourth-order valence-electron chi connectivity index (χ4n) is 2.73. The molecule has 2 fully saturated rings. The van der Waals surface area contributed by atoms with Crippen LogP contribution in [0.2, 0.25) is 0 Å². The molecule has 2 atom stereocenters. The van der Waals surface area contributed by atoms with Crippen LogP contribution in [0.4, 0.5) is 0 Å². The van der Waals surface area contributed by atoms with Crippen molar-refractivity contribution in [3.63, 3.8) is 0 Å². The van der Waals surface area contributed by atoms with Crippen LogP contribution in [-0.2, 0) is 9.53 Å². The van der Waals surface area contributed by atoms with Crippen LogP contribution in [0.5, 0.6) is 0 Å². The highest BCUT2D eigenvalue weighted by molar-refractivity contribution is 5.85. The fourth-order valence-corrected chi connectivity index (χ4v) is 2.73. The molecule has 4 nitrogen and oxygen atoms in total. The van der Waals surface area contributed by atoms with Crippen LogP contribution >= 0.6 is 12.4 Å². The van der Waals surface area contributed by atoms with Gasteiger partial charge in [0.15, 0.2) is 0 Å². The molecule has 2 rings (SSSR count). The van der Waals surface area contributed by atoms with E-state index in [0.29, 0.717) is 5.92 Å². The number of ether oxygens (including phenoxy) is 1. The first-order chi connectivity index (χ1) is 8.27. The summed E-state index contributed by atoms with van der Waals surface area (Å²) in [5.41, 5.74) is 0. The molecule has 0 radical (unpaired) electrons. The molecule has 2 heterocycles. The maximum Gasteiger partial charge on any atom is 0.237 e. The SMILES string of the molecule is CC(NC(=O)C1CCCCN1)C1CCOCC1.Cl. The third kappa shape index (κ3) is 4.41. The molecule has 2 aliphatic heterocycles. The maximum absolute atomic E-state index is 12.0. The van der Waals surface area contributed by atoms with Gasteiger partial charge in [-0.15, -0.1) is 12.4 Å². The van der Waals surface area contributed by atoms with E-state index in [1.165, 1.54) is 6.42 Å². The second-order valence-corrected chi connectivity index (χ2v) is 5.25. The van der Waals surface area contributed by atoms with Crippen molar-refractivity contribution < 1.29 is 9.53 Å². The predicted molar refractivity (Wildman–Crippen MR) is 74.0 cm³/mol. The molecule has 2 unspecified atom stereocenters. The van der Waals surface area contributed by atoms with Gasteiger partial charge in [0.1, 0.15) is 0 Å². The summed E-state index contributed by atoms with van der Waals surface area (Å²) in [5, 5.41) is 6.45. The number of piperidine rings is 1. The smallest absolute Gasteiger partial charge is 0.237 e. The second-order valence-electron chi connectivity index (χ2n) is 5.25. The standard InChI is InChI=1S/C13H24N2O2.ClH/c1-10(11-5-8-17-9-6-11)15-13(16)12-4-2-3-7-14-12;/h10-12,14H,2-9H2,1H3,(H,15,16);1H. The number of amides is 1. The van der Waals surface area contributed by atoms with Crippen LogP contribution in [0.3, 0.4) is 0 Å². The molecule has 5 heteroatoms. The number of nitrogens with one attached hydrogen (secondary N) is 2. The van der Waals surface area contributed by atoms with Gasteiger partial charge in [-0.1, -0.05) is 6.42 Å². The lowest BCUT2D eigenvalue weighted by atomic mass is 9.92. The minimum atomic E-state index is 0. The number of carbonyl (C=O) groups excluding carboxylic acids is 1. The molecule has 0 aromatic heterocycles. The van der Waals surface area contributed by atoms with Gasteiger partial charge in [-0.25, -0.2) is 0 Å². The first-order valence-electron chi connectivity index (χ1n) is 6.89. The summed E-state index contributed by atoms with van der Waals surface area (Å²) in [7, 11) is 0. The van der Waals surface area contributed by atoms with Crippen LogP contribution in [0.25, 0.3) is 0 Å². The van der Waals surface area contributed by atoms with Gasteiger partial charge < -0.3 is 15.4 Å². The summed E-state index contributed by atoms with van der Waals surface area (Å²) < 4.78 is 5.35. The summed E-state index contributed by atoms with van der Waals surface area (Å²) in [6, 6.07) is 0.307. The molecule has 0 spiro atoms. The Bertz CT molecular complexity index is 251. The number of halogens is 1. The molecule has 2 saturated heterocycles. The van der Waals surface area contributed by atoms with E-state index in [9.17, 15) is 4.79 Å². The monoisotopic (exact) mass is 276 g/mol. The molecule has 0 aliphatic carbocycles. The van der Waals surface area contributed by atoms with Crippen LogP contribution in [-0.4, -0.2) is 37.7 Å². The topological polar surface area (TPSA) is 50.4 Å². The van der Waals surface area contributed by atoms with Crippen molar-refractivity contribution >= 4 is 18.3 Å². The van der Waals surface area contributed by atoms with E-state index in [1.807, 2.05) is 0 Å². The Balaban J connectivity index is 0.00000162. The summed E-state index contributed by atoms with van der Waals surface area (Å²) in [6.45, 7) is 4.78. The summed E-state index contributed by atoms with van der Waals surface area (Å²) in [5.74, 6) is 0.764. The van der Waals surface area contributed by atoms with Crippen molar-refractivity contribution in [1.82, 2.24) is 10.6 Å². The Morgan fingerprint density at radius 1 is 1.28 bits per heavy atom. The Kier molecular flexibility index (Phi) is 6.97. The van der Waals surface area contributed by atoms with Crippen molar-refractivity contribution in [2.24, 2.45) is 5.92 Å². The Morgan fingerprint density at radius 2 is 2.00 bits per heavy atom. The summed E-state index contributed by atoms with van der Waals surface area (Å²) in [6.07, 6.45) is 5.47. The van der Waals surface area contributed by atoms with Gasteiger partial charge in [0, 0.05) is 19.3 Å². The Labute approximate surface area is 116 Å². The number of rotatable bonds is 3. The number of hydrogen-bond donors (Lipinski definition) is 2. The number of carbonyl (C=O) groups is 1. The molecule has 2 N–H and O–H groups in total. The highest BCUT2D eigenvalue weighted by Crippen LogP contribution is 2.19. The van der Waals surface area contributed by atoms with Crippen molar-refractivity contribution in [2.75, 3.05) is 19.8 Å². The van der Waals surface area contributed by atoms with Crippen LogP contribution in [0, 0.1) is 5.92 Å². The molecular weight excluding hydrogens is 252 g/mol. The van der Waals surface area contributed by atoms with Gasteiger partial charge in [-0.3, -0.25) is 4.79 Å². The quantitative estimate of drug-likeness (QED) is 0.821. The Hall–Kier alpha value is -0.320. The molecular formula is C13H25ClN2O2. The van der Waals surface area contributed by atoms with Gasteiger partial charge >= 0.3 is 0 Å². The minimum Gasteiger partial charge on any atom is -0.381 e. The molecule has 2 aliphatic rings. The molecule has 0 bridgehead atoms. The maximum atomic E-state index is 12.0. The van der Waals surface area contributed by atoms with E-state index in [1.54, 1.807) is 0 Å². The second kappa shape index (κ2) is 7.97. The summed E-state index contributed by atoms with van der Waals surface area (Å²) in [4.78, 5) is 12.0. The lowest BCUT2D eigenvalue weighted by molar-refractivity contribution is -0.124. The molecule has 0 aromatic carbocycles. The molecule has 0 aromatic rings. The van der Waals surface area contributed by atoms with Crippen molar-refractivity contribution in [1.29, 1.82) is 0 Å². The molecule has 1 amide bonds. The first-order valence-corrected chi connectivity index (χ1v) is 6.89. The van der Waals surface area contributed by atoms with E-state index >= 15 is 0 Å². The largest absolute Gasteiger partial charge is 0.381 e. The first kappa shape index (κ1) is 15.7. The lowest BCUT2D eigenvalue weighted by Gasteiger charge is -2.30. The fraction of sp³-hybridized carbons (Fsp3) is 0.923. The minimum absolute atomic E-state index is 0. The van der Waals surface area contributed by atoms with E-state index in [-0.39, 0.29) is 30.4 Å². The Morgan fingerprint density at radius 3 is 2.61 bits per heavy atom. The average molecular weight is 277 g/mol. The van der Waals surface area contributed by atoms with E-state index < -0.39 is 0 Å². The predicted octanol–water partition coefficient (Wildman–Crippen LogP) is 1.48. The van der Waals surface area contributed by atoms with E-state index in [0.717, 1.165) is 45.4 Å². The number of hydrogen-bond acceptors (Lipinski definition) is 3. The normalized spacial score (nSPS) is 27.1. The molecule has 0 saturated carbocycles. The van der Waals surface area contributed by atoms with Gasteiger partial charge in [0.2, 0.25) is 5.91 Å². The zero-order chi connectivity index (χ0) is 12.1. The van der Waals surface area contributed by atoms with Gasteiger partial charge in [-0.05, 0) is 45.1 Å². The van der Waals surface area contributed by atoms with Gasteiger partial charge in [0.05, 0.1) is 6.04 Å². The summed E-state index contributed by atoms with van der Waals surface area (Å²) >= 11 is 0. The third-order valence-electron chi connectivity index (χ3n) is 3.97. The van der Waals surface area contributed by atoms with E-state index in [4.69, 9.17) is 4.74 Å². The highest BCUT2D eigenvalue weighted by atomic mass is 35.5. The van der Waals surface area contributed by atoms with Crippen LogP contribution < -0.4 is 10.6 Å². The highest BCUT2D eigenvalue weighted by Gasteiger charge is 2.25. The van der Waals surface area contributed by atoms with Crippen LogP contribution in [0.15, 0.2) is 0 Å². The average Bonchev–Trinajstić information content (AvgIpc) is 2.40.